The molecule has 0 spiro atoms. The van der Waals surface area contributed by atoms with Crippen molar-refractivity contribution in [2.24, 2.45) is 11.3 Å². The molecule has 1 N–H and O–H groups in total. The Labute approximate surface area is 102 Å². The van der Waals surface area contributed by atoms with Gasteiger partial charge in [0.05, 0.1) is 5.41 Å². The molecule has 17 heavy (non-hydrogen) atoms. The number of aromatic nitrogens is 1. The highest BCUT2D eigenvalue weighted by atomic mass is 16.4. The predicted octanol–water partition coefficient (Wildman–Crippen LogP) is 2.91. The summed E-state index contributed by atoms with van der Waals surface area (Å²) in [5, 5.41) is 9.54. The van der Waals surface area contributed by atoms with E-state index in [2.05, 4.69) is 11.9 Å². The Balaban J connectivity index is 2.20. The van der Waals surface area contributed by atoms with E-state index in [1.54, 1.807) is 6.20 Å². The van der Waals surface area contributed by atoms with Crippen molar-refractivity contribution in [3.63, 3.8) is 0 Å². The Bertz CT molecular complexity index is 390. The number of carboxylic acids is 1. The number of hydrogen-bond acceptors (Lipinski definition) is 2. The van der Waals surface area contributed by atoms with Gasteiger partial charge in [-0.15, -0.1) is 0 Å². The third-order valence-electron chi connectivity index (χ3n) is 3.79. The van der Waals surface area contributed by atoms with Gasteiger partial charge in [-0.2, -0.15) is 0 Å². The maximum atomic E-state index is 11.6. The van der Waals surface area contributed by atoms with E-state index >= 15 is 0 Å². The molecule has 1 aromatic heterocycles. The van der Waals surface area contributed by atoms with Crippen LogP contribution in [-0.2, 0) is 11.2 Å². The molecule has 0 radical (unpaired) electrons. The molecule has 2 atom stereocenters. The van der Waals surface area contributed by atoms with E-state index in [1.807, 2.05) is 18.2 Å². The molecule has 1 fully saturated rings. The van der Waals surface area contributed by atoms with Crippen LogP contribution in [0.5, 0.6) is 0 Å². The quantitative estimate of drug-likeness (QED) is 0.873. The standard InChI is InChI=1S/C14H19NO2/c1-11-5-4-7-14(9-11,13(16)17)10-12-6-2-3-8-15-12/h2-3,6,8,11H,4-5,7,9-10H2,1H3,(H,16,17). The van der Waals surface area contributed by atoms with E-state index in [0.717, 1.165) is 31.4 Å². The largest absolute Gasteiger partial charge is 0.481 e. The van der Waals surface area contributed by atoms with Gasteiger partial charge in [0.1, 0.15) is 0 Å². The monoisotopic (exact) mass is 233 g/mol. The van der Waals surface area contributed by atoms with Crippen molar-refractivity contribution in [1.29, 1.82) is 0 Å². The molecule has 3 heteroatoms. The zero-order chi connectivity index (χ0) is 12.3. The van der Waals surface area contributed by atoms with Crippen LogP contribution in [0.1, 0.15) is 38.3 Å². The highest BCUT2D eigenvalue weighted by molar-refractivity contribution is 5.75. The number of nitrogens with zero attached hydrogens (tertiary/aromatic N) is 1. The molecular formula is C14H19NO2. The molecule has 3 nitrogen and oxygen atoms in total. The fraction of sp³-hybridized carbons (Fsp3) is 0.571. The first kappa shape index (κ1) is 12.1. The SMILES string of the molecule is CC1CCCC(Cc2ccccn2)(C(=O)O)C1. The van der Waals surface area contributed by atoms with Crippen molar-refractivity contribution in [2.45, 2.75) is 39.0 Å². The normalized spacial score (nSPS) is 28.9. The lowest BCUT2D eigenvalue weighted by Gasteiger charge is -2.36. The van der Waals surface area contributed by atoms with Crippen molar-refractivity contribution >= 4 is 5.97 Å². The summed E-state index contributed by atoms with van der Waals surface area (Å²) in [6.07, 6.45) is 6.02. The first-order chi connectivity index (χ1) is 8.12. The Morgan fingerprint density at radius 1 is 1.59 bits per heavy atom. The number of carboxylic acid groups (broad SMARTS) is 1. The molecule has 1 saturated carbocycles. The Morgan fingerprint density at radius 2 is 2.41 bits per heavy atom. The molecule has 1 heterocycles. The molecule has 0 aromatic carbocycles. The van der Waals surface area contributed by atoms with Crippen molar-refractivity contribution in [3.05, 3.63) is 30.1 Å². The van der Waals surface area contributed by atoms with E-state index in [-0.39, 0.29) is 0 Å². The maximum absolute atomic E-state index is 11.6. The van der Waals surface area contributed by atoms with E-state index in [1.165, 1.54) is 0 Å². The topological polar surface area (TPSA) is 50.2 Å². The van der Waals surface area contributed by atoms with Gasteiger partial charge in [-0.05, 0) is 30.9 Å². The van der Waals surface area contributed by atoms with Gasteiger partial charge in [0, 0.05) is 18.3 Å². The van der Waals surface area contributed by atoms with Gasteiger partial charge in [0.15, 0.2) is 0 Å². The minimum absolute atomic E-state index is 0.503. The molecule has 92 valence electrons. The van der Waals surface area contributed by atoms with E-state index < -0.39 is 11.4 Å². The third kappa shape index (κ3) is 2.65. The lowest BCUT2D eigenvalue weighted by Crippen LogP contribution is -2.38. The molecule has 1 aliphatic rings. The molecule has 1 aromatic rings. The Hall–Kier alpha value is -1.38. The number of pyridine rings is 1. The average molecular weight is 233 g/mol. The lowest BCUT2D eigenvalue weighted by atomic mass is 9.67. The molecule has 0 aliphatic heterocycles. The summed E-state index contributed by atoms with van der Waals surface area (Å²) in [6.45, 7) is 2.15. The van der Waals surface area contributed by atoms with Crippen LogP contribution < -0.4 is 0 Å². The first-order valence-corrected chi connectivity index (χ1v) is 6.26. The summed E-state index contributed by atoms with van der Waals surface area (Å²) in [5.74, 6) is -0.154. The Morgan fingerprint density at radius 3 is 3.00 bits per heavy atom. The summed E-state index contributed by atoms with van der Waals surface area (Å²) in [7, 11) is 0. The van der Waals surface area contributed by atoms with Gasteiger partial charge < -0.3 is 5.11 Å². The average Bonchev–Trinajstić information content (AvgIpc) is 2.30. The number of rotatable bonds is 3. The zero-order valence-electron chi connectivity index (χ0n) is 10.2. The predicted molar refractivity (Wildman–Crippen MR) is 65.6 cm³/mol. The lowest BCUT2D eigenvalue weighted by molar-refractivity contribution is -0.152. The highest BCUT2D eigenvalue weighted by Crippen LogP contribution is 2.41. The van der Waals surface area contributed by atoms with Gasteiger partial charge in [-0.3, -0.25) is 9.78 Å². The first-order valence-electron chi connectivity index (χ1n) is 6.26. The van der Waals surface area contributed by atoms with Crippen LogP contribution in [-0.4, -0.2) is 16.1 Å². The highest BCUT2D eigenvalue weighted by Gasteiger charge is 2.42. The maximum Gasteiger partial charge on any atom is 0.310 e. The number of aliphatic carboxylic acids is 1. The fourth-order valence-corrected chi connectivity index (χ4v) is 2.94. The summed E-state index contributed by atoms with van der Waals surface area (Å²) in [4.78, 5) is 15.9. The molecule has 1 aliphatic carbocycles. The van der Waals surface area contributed by atoms with Gasteiger partial charge >= 0.3 is 5.97 Å². The summed E-state index contributed by atoms with van der Waals surface area (Å²) < 4.78 is 0. The van der Waals surface area contributed by atoms with E-state index in [4.69, 9.17) is 0 Å². The second kappa shape index (κ2) is 4.86. The van der Waals surface area contributed by atoms with Crippen LogP contribution in [0.3, 0.4) is 0 Å². The number of hydrogen-bond donors (Lipinski definition) is 1. The van der Waals surface area contributed by atoms with Crippen LogP contribution in [0.25, 0.3) is 0 Å². The molecular weight excluding hydrogens is 214 g/mol. The minimum Gasteiger partial charge on any atom is -0.481 e. The summed E-state index contributed by atoms with van der Waals surface area (Å²) in [6, 6.07) is 5.70. The van der Waals surface area contributed by atoms with Crippen LogP contribution in [0.15, 0.2) is 24.4 Å². The number of carbonyl (C=O) groups is 1. The summed E-state index contributed by atoms with van der Waals surface area (Å²) >= 11 is 0. The molecule has 0 bridgehead atoms. The van der Waals surface area contributed by atoms with Crippen LogP contribution in [0.2, 0.25) is 0 Å². The third-order valence-corrected chi connectivity index (χ3v) is 3.79. The molecule has 0 amide bonds. The Kier molecular flexibility index (Phi) is 3.46. The van der Waals surface area contributed by atoms with Crippen LogP contribution in [0, 0.1) is 11.3 Å². The summed E-state index contributed by atoms with van der Waals surface area (Å²) in [5.41, 5.74) is 0.301. The van der Waals surface area contributed by atoms with Gasteiger partial charge in [0.2, 0.25) is 0 Å². The fourth-order valence-electron chi connectivity index (χ4n) is 2.94. The van der Waals surface area contributed by atoms with Gasteiger partial charge in [-0.1, -0.05) is 25.8 Å². The van der Waals surface area contributed by atoms with Crippen molar-refractivity contribution < 1.29 is 9.90 Å². The second-order valence-corrected chi connectivity index (χ2v) is 5.28. The second-order valence-electron chi connectivity index (χ2n) is 5.28. The van der Waals surface area contributed by atoms with Crippen LogP contribution >= 0.6 is 0 Å². The molecule has 0 saturated heterocycles. The van der Waals surface area contributed by atoms with Crippen molar-refractivity contribution in [2.75, 3.05) is 0 Å². The van der Waals surface area contributed by atoms with Crippen molar-refractivity contribution in [1.82, 2.24) is 4.98 Å². The molecule has 2 unspecified atom stereocenters. The van der Waals surface area contributed by atoms with Crippen LogP contribution in [0.4, 0.5) is 0 Å². The van der Waals surface area contributed by atoms with Gasteiger partial charge in [-0.25, -0.2) is 0 Å². The molecule has 2 rings (SSSR count). The van der Waals surface area contributed by atoms with E-state index in [0.29, 0.717) is 12.3 Å². The zero-order valence-corrected chi connectivity index (χ0v) is 10.2. The van der Waals surface area contributed by atoms with Crippen molar-refractivity contribution in [3.8, 4) is 0 Å². The minimum atomic E-state index is -0.658. The smallest absolute Gasteiger partial charge is 0.310 e. The van der Waals surface area contributed by atoms with Gasteiger partial charge in [0.25, 0.3) is 0 Å². The van der Waals surface area contributed by atoms with E-state index in [9.17, 15) is 9.90 Å².